The molecule has 0 saturated heterocycles. The smallest absolute Gasteiger partial charge is 0.313 e. The number of esters is 1. The van der Waals surface area contributed by atoms with Gasteiger partial charge in [-0.3, -0.25) is 8.98 Å². The van der Waals surface area contributed by atoms with Gasteiger partial charge in [-0.1, -0.05) is 0 Å². The quantitative estimate of drug-likeness (QED) is 0.542. The van der Waals surface area contributed by atoms with Gasteiger partial charge in [-0.25, -0.2) is 0 Å². The van der Waals surface area contributed by atoms with Crippen LogP contribution in [0, 0.1) is 5.92 Å². The third-order valence-corrected chi connectivity index (χ3v) is 2.07. The van der Waals surface area contributed by atoms with Crippen LogP contribution in [0.1, 0.15) is 20.8 Å². The van der Waals surface area contributed by atoms with Gasteiger partial charge >= 0.3 is 5.97 Å². The van der Waals surface area contributed by atoms with Crippen molar-refractivity contribution in [3.8, 4) is 0 Å². The van der Waals surface area contributed by atoms with Gasteiger partial charge in [0.05, 0.1) is 18.8 Å². The molecule has 0 aliphatic heterocycles. The second-order valence-electron chi connectivity index (χ2n) is 4.45. The van der Waals surface area contributed by atoms with Crippen LogP contribution in [-0.2, 0) is 23.8 Å². The maximum atomic E-state index is 11.5. The van der Waals surface area contributed by atoms with E-state index in [1.807, 2.05) is 0 Å². The highest BCUT2D eigenvalue weighted by Gasteiger charge is 2.25. The minimum Gasteiger partial charge on any atom is -0.460 e. The van der Waals surface area contributed by atoms with Crippen LogP contribution in [-0.4, -0.2) is 39.4 Å². The first-order valence-electron chi connectivity index (χ1n) is 4.82. The molecule has 0 spiro atoms. The molecule has 0 bridgehead atoms. The lowest BCUT2D eigenvalue weighted by Crippen LogP contribution is -2.35. The Morgan fingerprint density at radius 2 is 1.88 bits per heavy atom. The lowest BCUT2D eigenvalue weighted by atomic mass is 10.1. The SMILES string of the molecule is CC(C)(C)OC(=O)[C@@H](CN)COS(C)(=O)=O. The molecule has 0 heterocycles. The highest BCUT2D eigenvalue weighted by atomic mass is 32.2. The van der Waals surface area contributed by atoms with E-state index in [4.69, 9.17) is 10.5 Å². The lowest BCUT2D eigenvalue weighted by Gasteiger charge is -2.22. The van der Waals surface area contributed by atoms with Gasteiger partial charge in [-0.2, -0.15) is 8.42 Å². The average molecular weight is 253 g/mol. The molecule has 0 rings (SSSR count). The van der Waals surface area contributed by atoms with E-state index in [9.17, 15) is 13.2 Å². The molecule has 0 unspecified atom stereocenters. The molecule has 0 radical (unpaired) electrons. The zero-order valence-electron chi connectivity index (χ0n) is 10.0. The third kappa shape index (κ3) is 7.61. The van der Waals surface area contributed by atoms with Crippen molar-refractivity contribution in [2.75, 3.05) is 19.4 Å². The monoisotopic (exact) mass is 253 g/mol. The Morgan fingerprint density at radius 3 is 2.19 bits per heavy atom. The minimum absolute atomic E-state index is 0.0234. The Labute approximate surface area is 96.2 Å². The number of hydrogen-bond donors (Lipinski definition) is 1. The number of nitrogens with two attached hydrogens (primary N) is 1. The molecule has 7 heteroatoms. The van der Waals surface area contributed by atoms with Crippen molar-refractivity contribution in [3.05, 3.63) is 0 Å². The van der Waals surface area contributed by atoms with Gasteiger partial charge in [0.2, 0.25) is 0 Å². The van der Waals surface area contributed by atoms with Crippen molar-refractivity contribution in [1.82, 2.24) is 0 Å². The van der Waals surface area contributed by atoms with E-state index in [0.29, 0.717) is 0 Å². The standard InChI is InChI=1S/C9H19NO5S/c1-9(2,3)15-8(11)7(5-10)6-14-16(4,12)13/h7H,5-6,10H2,1-4H3/t7-/m0/s1. The number of hydrogen-bond acceptors (Lipinski definition) is 6. The van der Waals surface area contributed by atoms with Gasteiger partial charge in [-0.15, -0.1) is 0 Å². The minimum atomic E-state index is -3.57. The summed E-state index contributed by atoms with van der Waals surface area (Å²) in [5.41, 5.74) is 4.72. The van der Waals surface area contributed by atoms with Crippen LogP contribution >= 0.6 is 0 Å². The summed E-state index contributed by atoms with van der Waals surface area (Å²) in [5.74, 6) is -1.33. The molecule has 96 valence electrons. The molecule has 6 nitrogen and oxygen atoms in total. The Hall–Kier alpha value is -0.660. The molecule has 2 N–H and O–H groups in total. The first-order valence-corrected chi connectivity index (χ1v) is 6.64. The van der Waals surface area contributed by atoms with Crippen LogP contribution < -0.4 is 5.73 Å². The molecule has 0 aliphatic rings. The molecular formula is C9H19NO5S. The van der Waals surface area contributed by atoms with Gasteiger partial charge in [0.1, 0.15) is 5.60 Å². The Kier molecular flexibility index (Phi) is 5.37. The lowest BCUT2D eigenvalue weighted by molar-refractivity contribution is -0.160. The van der Waals surface area contributed by atoms with Crippen LogP contribution in [0.3, 0.4) is 0 Å². The Balaban J connectivity index is 4.34. The predicted molar refractivity (Wildman–Crippen MR) is 59.2 cm³/mol. The number of rotatable bonds is 5. The van der Waals surface area contributed by atoms with Crippen LogP contribution in [0.4, 0.5) is 0 Å². The first-order chi connectivity index (χ1) is 7.05. The number of carbonyl (C=O) groups excluding carboxylic acids is 1. The summed E-state index contributed by atoms with van der Waals surface area (Å²) in [4.78, 5) is 11.5. The van der Waals surface area contributed by atoms with Crippen molar-refractivity contribution in [3.63, 3.8) is 0 Å². The van der Waals surface area contributed by atoms with Crippen LogP contribution in [0.2, 0.25) is 0 Å². The van der Waals surface area contributed by atoms with Crippen molar-refractivity contribution in [2.45, 2.75) is 26.4 Å². The maximum absolute atomic E-state index is 11.5. The maximum Gasteiger partial charge on any atom is 0.313 e. The van der Waals surface area contributed by atoms with Crippen LogP contribution in [0.5, 0.6) is 0 Å². The highest BCUT2D eigenvalue weighted by Crippen LogP contribution is 2.11. The zero-order chi connectivity index (χ0) is 13.0. The van der Waals surface area contributed by atoms with Crippen LogP contribution in [0.25, 0.3) is 0 Å². The van der Waals surface area contributed by atoms with Gasteiger partial charge in [-0.05, 0) is 20.8 Å². The molecule has 0 aromatic heterocycles. The summed E-state index contributed by atoms with van der Waals surface area (Å²) in [6.45, 7) is 4.84. The summed E-state index contributed by atoms with van der Waals surface area (Å²) in [7, 11) is -3.57. The average Bonchev–Trinajstić information content (AvgIpc) is 1.99. The van der Waals surface area contributed by atoms with Crippen molar-refractivity contribution >= 4 is 16.1 Å². The van der Waals surface area contributed by atoms with E-state index in [1.165, 1.54) is 0 Å². The van der Waals surface area contributed by atoms with E-state index >= 15 is 0 Å². The summed E-state index contributed by atoms with van der Waals surface area (Å²) in [6, 6.07) is 0. The fraction of sp³-hybridized carbons (Fsp3) is 0.889. The van der Waals surface area contributed by atoms with Crippen molar-refractivity contribution < 1.29 is 22.1 Å². The first kappa shape index (κ1) is 15.3. The van der Waals surface area contributed by atoms with E-state index in [2.05, 4.69) is 4.18 Å². The second kappa shape index (κ2) is 5.60. The molecular weight excluding hydrogens is 234 g/mol. The van der Waals surface area contributed by atoms with Crippen molar-refractivity contribution in [2.24, 2.45) is 11.7 Å². The molecule has 0 aliphatic carbocycles. The number of ether oxygens (including phenoxy) is 1. The Morgan fingerprint density at radius 1 is 1.38 bits per heavy atom. The molecule has 0 fully saturated rings. The van der Waals surface area contributed by atoms with Gasteiger partial charge in [0, 0.05) is 6.54 Å². The van der Waals surface area contributed by atoms with E-state index < -0.39 is 27.6 Å². The largest absolute Gasteiger partial charge is 0.460 e. The number of carbonyl (C=O) groups is 1. The molecule has 0 amide bonds. The van der Waals surface area contributed by atoms with E-state index in [-0.39, 0.29) is 13.2 Å². The topological polar surface area (TPSA) is 95.7 Å². The molecule has 0 aromatic carbocycles. The van der Waals surface area contributed by atoms with E-state index in [0.717, 1.165) is 6.26 Å². The second-order valence-corrected chi connectivity index (χ2v) is 6.10. The summed E-state index contributed by atoms with van der Waals surface area (Å²) < 4.78 is 31.1. The Bertz CT molecular complexity index is 330. The normalized spacial score (nSPS) is 14.6. The zero-order valence-corrected chi connectivity index (χ0v) is 10.8. The summed E-state index contributed by atoms with van der Waals surface area (Å²) in [5, 5.41) is 0. The fourth-order valence-corrected chi connectivity index (χ4v) is 1.23. The van der Waals surface area contributed by atoms with Gasteiger partial charge in [0.25, 0.3) is 10.1 Å². The fourth-order valence-electron chi connectivity index (χ4n) is 0.823. The highest BCUT2D eigenvalue weighted by molar-refractivity contribution is 7.85. The third-order valence-electron chi connectivity index (χ3n) is 1.51. The summed E-state index contributed by atoms with van der Waals surface area (Å²) in [6.07, 6.45) is 0.912. The van der Waals surface area contributed by atoms with Gasteiger partial charge in [0.15, 0.2) is 0 Å². The van der Waals surface area contributed by atoms with Crippen LogP contribution in [0.15, 0.2) is 0 Å². The van der Waals surface area contributed by atoms with Gasteiger partial charge < -0.3 is 10.5 Å². The predicted octanol–water partition coefficient (Wildman–Crippen LogP) is -0.121. The van der Waals surface area contributed by atoms with E-state index in [1.54, 1.807) is 20.8 Å². The molecule has 1 atom stereocenters. The molecule has 0 saturated carbocycles. The molecule has 0 aromatic rings. The summed E-state index contributed by atoms with van der Waals surface area (Å²) >= 11 is 0. The van der Waals surface area contributed by atoms with Crippen molar-refractivity contribution in [1.29, 1.82) is 0 Å². The molecule has 16 heavy (non-hydrogen) atoms.